The van der Waals surface area contributed by atoms with Gasteiger partial charge < -0.3 is 10.0 Å². The van der Waals surface area contributed by atoms with E-state index in [1.165, 1.54) is 11.0 Å². The number of fused-ring (bicyclic) bond motifs is 1. The zero-order valence-electron chi connectivity index (χ0n) is 9.51. The molecule has 1 aromatic rings. The van der Waals surface area contributed by atoms with Gasteiger partial charge >= 0.3 is 5.97 Å². The van der Waals surface area contributed by atoms with Crippen LogP contribution >= 0.6 is 11.6 Å². The smallest absolute Gasteiger partial charge is 0.324 e. The minimum Gasteiger partial charge on any atom is -0.480 e. The van der Waals surface area contributed by atoms with Gasteiger partial charge in [-0.2, -0.15) is 0 Å². The molecule has 2 rings (SSSR count). The molecule has 0 aliphatic carbocycles. The maximum atomic E-state index is 12.0. The van der Waals surface area contributed by atoms with Crippen molar-refractivity contribution in [2.75, 3.05) is 11.4 Å². The summed E-state index contributed by atoms with van der Waals surface area (Å²) in [5.74, 6) is -4.52. The van der Waals surface area contributed by atoms with E-state index in [4.69, 9.17) is 16.7 Å². The number of ketones is 1. The Morgan fingerprint density at radius 2 is 2.11 bits per heavy atom. The number of aliphatic carboxylic acids is 1. The van der Waals surface area contributed by atoms with Crippen molar-refractivity contribution in [3.8, 4) is 0 Å². The molecule has 0 radical (unpaired) electrons. The van der Waals surface area contributed by atoms with Crippen molar-refractivity contribution in [3.63, 3.8) is 0 Å². The van der Waals surface area contributed by atoms with Gasteiger partial charge in [0, 0.05) is 17.1 Å². The van der Waals surface area contributed by atoms with Crippen LogP contribution in [0.25, 0.3) is 0 Å². The monoisotopic (exact) mass is 267 g/mol. The Bertz CT molecular complexity index is 555. The van der Waals surface area contributed by atoms with E-state index in [0.717, 1.165) is 0 Å². The van der Waals surface area contributed by atoms with Crippen LogP contribution < -0.4 is 4.90 Å². The molecule has 1 N–H and O–H groups in total. The molecule has 0 spiro atoms. The number of carboxylic acid groups (broad SMARTS) is 1. The Labute approximate surface area is 108 Å². The van der Waals surface area contributed by atoms with E-state index in [0.29, 0.717) is 17.3 Å². The molecule has 94 valence electrons. The van der Waals surface area contributed by atoms with Gasteiger partial charge in [0.25, 0.3) is 0 Å². The van der Waals surface area contributed by atoms with Crippen LogP contribution in [-0.2, 0) is 9.59 Å². The third-order valence-electron chi connectivity index (χ3n) is 2.85. The Hall–Kier alpha value is -1.88. The first-order chi connectivity index (χ1) is 8.47. The van der Waals surface area contributed by atoms with Crippen LogP contribution in [0.4, 0.5) is 5.69 Å². The lowest BCUT2D eigenvalue weighted by Gasteiger charge is -2.30. The van der Waals surface area contributed by atoms with Gasteiger partial charge in [0.05, 0.1) is 5.69 Å². The summed E-state index contributed by atoms with van der Waals surface area (Å²) >= 11 is 5.79. The topological polar surface area (TPSA) is 74.7 Å². The van der Waals surface area contributed by atoms with Gasteiger partial charge in [-0.05, 0) is 25.1 Å². The second kappa shape index (κ2) is 4.42. The Balaban J connectivity index is 2.64. The number of carbonyl (C=O) groups is 3. The average Bonchev–Trinajstić information content (AvgIpc) is 2.30. The number of Topliss-reactive ketones (excluding diaryl/α,β-unsaturated/α-hetero) is 1. The van der Waals surface area contributed by atoms with Crippen molar-refractivity contribution in [2.45, 2.75) is 6.92 Å². The summed E-state index contributed by atoms with van der Waals surface area (Å²) in [6, 6.07) is 4.50. The zero-order chi connectivity index (χ0) is 13.4. The van der Waals surface area contributed by atoms with Crippen LogP contribution in [0.3, 0.4) is 0 Å². The van der Waals surface area contributed by atoms with Crippen LogP contribution in [-0.4, -0.2) is 29.3 Å². The van der Waals surface area contributed by atoms with Crippen LogP contribution in [0, 0.1) is 5.92 Å². The van der Waals surface area contributed by atoms with Crippen molar-refractivity contribution in [1.29, 1.82) is 0 Å². The molecule has 0 saturated heterocycles. The fraction of sp³-hybridized carbons (Fsp3) is 0.250. The van der Waals surface area contributed by atoms with Crippen molar-refractivity contribution in [2.24, 2.45) is 5.92 Å². The molecular weight excluding hydrogens is 258 g/mol. The fourth-order valence-corrected chi connectivity index (χ4v) is 2.20. The molecule has 1 atom stereocenters. The number of hydrogen-bond acceptors (Lipinski definition) is 3. The number of hydrogen-bond donors (Lipinski definition) is 1. The molecular formula is C12H10ClNO4. The molecule has 0 saturated carbocycles. The van der Waals surface area contributed by atoms with Crippen molar-refractivity contribution < 1.29 is 19.5 Å². The number of carbonyl (C=O) groups excluding carboxylic acids is 2. The number of rotatable bonds is 2. The average molecular weight is 268 g/mol. The largest absolute Gasteiger partial charge is 0.480 e. The highest BCUT2D eigenvalue weighted by Gasteiger charge is 2.43. The molecule has 1 heterocycles. The van der Waals surface area contributed by atoms with E-state index in [1.807, 2.05) is 0 Å². The Morgan fingerprint density at radius 3 is 2.67 bits per heavy atom. The molecule has 0 aromatic heterocycles. The second-order valence-corrected chi connectivity index (χ2v) is 4.32. The summed E-state index contributed by atoms with van der Waals surface area (Å²) in [4.78, 5) is 36.3. The fourth-order valence-electron chi connectivity index (χ4n) is 2.03. The Kier molecular flexibility index (Phi) is 3.09. The van der Waals surface area contributed by atoms with Gasteiger partial charge in [0.15, 0.2) is 11.7 Å². The SMILES string of the molecule is CCN1C(=O)C(C(=O)O)C(=O)c2cc(Cl)ccc21. The number of halogens is 1. The summed E-state index contributed by atoms with van der Waals surface area (Å²) in [7, 11) is 0. The summed E-state index contributed by atoms with van der Waals surface area (Å²) < 4.78 is 0. The number of benzene rings is 1. The second-order valence-electron chi connectivity index (χ2n) is 3.88. The maximum absolute atomic E-state index is 12.0. The van der Waals surface area contributed by atoms with Gasteiger partial charge in [-0.3, -0.25) is 14.4 Å². The van der Waals surface area contributed by atoms with E-state index in [1.54, 1.807) is 19.1 Å². The van der Waals surface area contributed by atoms with E-state index in [-0.39, 0.29) is 5.56 Å². The molecule has 1 aliphatic heterocycles. The van der Waals surface area contributed by atoms with Gasteiger partial charge in [-0.15, -0.1) is 0 Å². The molecule has 5 nitrogen and oxygen atoms in total. The molecule has 1 aliphatic rings. The molecule has 6 heteroatoms. The molecule has 0 fully saturated rings. The van der Waals surface area contributed by atoms with Gasteiger partial charge in [-0.1, -0.05) is 11.6 Å². The highest BCUT2D eigenvalue weighted by atomic mass is 35.5. The number of amides is 1. The number of nitrogens with zero attached hydrogens (tertiary/aromatic N) is 1. The highest BCUT2D eigenvalue weighted by molar-refractivity contribution is 6.33. The minimum atomic E-state index is -1.67. The van der Waals surface area contributed by atoms with E-state index >= 15 is 0 Å². The molecule has 1 amide bonds. The third-order valence-corrected chi connectivity index (χ3v) is 3.09. The van der Waals surface area contributed by atoms with Crippen LogP contribution in [0.2, 0.25) is 5.02 Å². The number of anilines is 1. The van der Waals surface area contributed by atoms with Crippen LogP contribution in [0.5, 0.6) is 0 Å². The van der Waals surface area contributed by atoms with Crippen LogP contribution in [0.1, 0.15) is 17.3 Å². The Morgan fingerprint density at radius 1 is 1.44 bits per heavy atom. The predicted molar refractivity (Wildman–Crippen MR) is 64.9 cm³/mol. The lowest BCUT2D eigenvalue weighted by Crippen LogP contribution is -2.47. The summed E-state index contributed by atoms with van der Waals surface area (Å²) in [5, 5.41) is 9.32. The first-order valence-corrected chi connectivity index (χ1v) is 5.73. The van der Waals surface area contributed by atoms with Gasteiger partial charge in [-0.25, -0.2) is 0 Å². The highest BCUT2D eigenvalue weighted by Crippen LogP contribution is 2.32. The lowest BCUT2D eigenvalue weighted by molar-refractivity contribution is -0.144. The van der Waals surface area contributed by atoms with Crippen molar-refractivity contribution >= 4 is 34.9 Å². The first-order valence-electron chi connectivity index (χ1n) is 5.35. The number of carboxylic acids is 1. The standard InChI is InChI=1S/C12H10ClNO4/c1-2-14-8-4-3-6(13)5-7(8)10(15)9(11(14)16)12(17)18/h3-5,9H,2H2,1H3,(H,17,18). The van der Waals surface area contributed by atoms with E-state index in [9.17, 15) is 14.4 Å². The predicted octanol–water partition coefficient (Wildman–Crippen LogP) is 1.59. The minimum absolute atomic E-state index is 0.177. The lowest BCUT2D eigenvalue weighted by atomic mass is 9.90. The zero-order valence-corrected chi connectivity index (χ0v) is 10.3. The maximum Gasteiger partial charge on any atom is 0.324 e. The molecule has 1 unspecified atom stereocenters. The van der Waals surface area contributed by atoms with Crippen LogP contribution in [0.15, 0.2) is 18.2 Å². The van der Waals surface area contributed by atoms with Crippen molar-refractivity contribution in [3.05, 3.63) is 28.8 Å². The van der Waals surface area contributed by atoms with Crippen molar-refractivity contribution in [1.82, 2.24) is 0 Å². The molecule has 18 heavy (non-hydrogen) atoms. The first kappa shape index (κ1) is 12.6. The van der Waals surface area contributed by atoms with Gasteiger partial charge in [0.1, 0.15) is 0 Å². The van der Waals surface area contributed by atoms with Gasteiger partial charge in [0.2, 0.25) is 5.91 Å². The third kappa shape index (κ3) is 1.76. The van der Waals surface area contributed by atoms with E-state index in [2.05, 4.69) is 0 Å². The molecule has 1 aromatic carbocycles. The summed E-state index contributed by atoms with van der Waals surface area (Å²) in [6.45, 7) is 2.01. The normalized spacial score (nSPS) is 18.8. The quantitative estimate of drug-likeness (QED) is 0.826. The summed E-state index contributed by atoms with van der Waals surface area (Å²) in [5.41, 5.74) is 0.589. The molecule has 0 bridgehead atoms. The van der Waals surface area contributed by atoms with E-state index < -0.39 is 23.6 Å². The summed E-state index contributed by atoms with van der Waals surface area (Å²) in [6.07, 6.45) is 0.